The second-order valence-electron chi connectivity index (χ2n) is 3.81. The van der Waals surface area contributed by atoms with Gasteiger partial charge in [-0.3, -0.25) is 0 Å². The van der Waals surface area contributed by atoms with Crippen LogP contribution in [0.4, 0.5) is 0 Å². The van der Waals surface area contributed by atoms with Gasteiger partial charge in [0, 0.05) is 23.3 Å². The lowest BCUT2D eigenvalue weighted by Gasteiger charge is -2.21. The zero-order valence-electron chi connectivity index (χ0n) is 9.24. The smallest absolute Gasteiger partial charge is 0.0465 e. The third-order valence-electron chi connectivity index (χ3n) is 2.65. The summed E-state index contributed by atoms with van der Waals surface area (Å²) in [5, 5.41) is 0. The molecule has 0 saturated carbocycles. The fourth-order valence-electron chi connectivity index (χ4n) is 1.54. The highest BCUT2D eigenvalue weighted by Crippen LogP contribution is 2.25. The molecule has 0 amide bonds. The van der Waals surface area contributed by atoms with Crippen molar-refractivity contribution in [1.82, 2.24) is 0 Å². The molecule has 0 aromatic heterocycles. The number of benzene rings is 1. The van der Waals surface area contributed by atoms with Crippen molar-refractivity contribution < 1.29 is 4.74 Å². The lowest BCUT2D eigenvalue weighted by Crippen LogP contribution is -2.21. The molecule has 0 fully saturated rings. The van der Waals surface area contributed by atoms with Gasteiger partial charge in [0.1, 0.15) is 0 Å². The minimum Gasteiger partial charge on any atom is -0.385 e. The average Bonchev–Trinajstić information content (AvgIpc) is 2.25. The van der Waals surface area contributed by atoms with E-state index in [9.17, 15) is 0 Å². The summed E-state index contributed by atoms with van der Waals surface area (Å²) in [4.78, 5) is 0. The van der Waals surface area contributed by atoms with E-state index in [2.05, 4.69) is 41.6 Å². The second-order valence-corrected chi connectivity index (χ2v) is 4.97. The van der Waals surface area contributed by atoms with E-state index in [1.807, 2.05) is 12.1 Å². The number of hydrogen-bond acceptors (Lipinski definition) is 2. The maximum absolute atomic E-state index is 6.22. The largest absolute Gasteiger partial charge is 0.385 e. The van der Waals surface area contributed by atoms with E-state index in [4.69, 9.17) is 10.5 Å². The number of hydrogen-bond donors (Lipinski definition) is 1. The molecule has 1 aromatic rings. The Morgan fingerprint density at radius 2 is 2.07 bits per heavy atom. The van der Waals surface area contributed by atoms with Crippen LogP contribution in [0.3, 0.4) is 0 Å². The number of methoxy groups -OCH3 is 1. The van der Waals surface area contributed by atoms with Crippen molar-refractivity contribution in [3.63, 3.8) is 0 Å². The van der Waals surface area contributed by atoms with Crippen LogP contribution in [-0.4, -0.2) is 13.7 Å². The minimum atomic E-state index is 0.105. The highest BCUT2D eigenvalue weighted by molar-refractivity contribution is 14.1. The molecule has 1 rings (SSSR count). The second kappa shape index (κ2) is 6.45. The lowest BCUT2D eigenvalue weighted by atomic mass is 9.93. The van der Waals surface area contributed by atoms with E-state index in [1.54, 1.807) is 7.11 Å². The van der Waals surface area contributed by atoms with E-state index >= 15 is 0 Å². The molecule has 15 heavy (non-hydrogen) atoms. The highest BCUT2D eigenvalue weighted by atomic mass is 127. The monoisotopic (exact) mass is 319 g/mol. The quantitative estimate of drug-likeness (QED) is 0.847. The van der Waals surface area contributed by atoms with Crippen molar-refractivity contribution in [3.05, 3.63) is 33.4 Å². The number of nitrogens with two attached hydrogens (primary N) is 1. The predicted molar refractivity (Wildman–Crippen MR) is 71.7 cm³/mol. The van der Waals surface area contributed by atoms with Crippen molar-refractivity contribution in [2.45, 2.75) is 19.4 Å². The minimum absolute atomic E-state index is 0.105. The normalized spacial score (nSPS) is 14.9. The first-order valence-corrected chi connectivity index (χ1v) is 6.23. The summed E-state index contributed by atoms with van der Waals surface area (Å²) in [7, 11) is 1.73. The van der Waals surface area contributed by atoms with Crippen LogP contribution in [0.1, 0.15) is 24.9 Å². The summed E-state index contributed by atoms with van der Waals surface area (Å²) in [6.07, 6.45) is 1.00. The van der Waals surface area contributed by atoms with E-state index in [0.717, 1.165) is 13.0 Å². The van der Waals surface area contributed by atoms with Gasteiger partial charge < -0.3 is 10.5 Å². The Hall–Kier alpha value is -0.130. The first kappa shape index (κ1) is 12.9. The fourth-order valence-corrected chi connectivity index (χ4v) is 2.28. The fraction of sp³-hybridized carbons (Fsp3) is 0.500. The number of halogens is 1. The van der Waals surface area contributed by atoms with E-state index < -0.39 is 0 Å². The van der Waals surface area contributed by atoms with Crippen LogP contribution in [0.15, 0.2) is 24.3 Å². The summed E-state index contributed by atoms with van der Waals surface area (Å²) in [6, 6.07) is 8.39. The Balaban J connectivity index is 2.67. The molecule has 2 nitrogen and oxygen atoms in total. The SMILES string of the molecule is COCCC(C)C(N)c1ccccc1I. The Bertz CT molecular complexity index is 303. The molecule has 0 aliphatic rings. The Morgan fingerprint density at radius 1 is 1.40 bits per heavy atom. The molecule has 0 radical (unpaired) electrons. The van der Waals surface area contributed by atoms with Gasteiger partial charge in [0.2, 0.25) is 0 Å². The molecule has 0 heterocycles. The Kier molecular flexibility index (Phi) is 5.56. The van der Waals surface area contributed by atoms with Crippen molar-refractivity contribution >= 4 is 22.6 Å². The van der Waals surface area contributed by atoms with Crippen LogP contribution >= 0.6 is 22.6 Å². The van der Waals surface area contributed by atoms with Crippen molar-refractivity contribution in [2.24, 2.45) is 11.7 Å². The molecule has 0 spiro atoms. The van der Waals surface area contributed by atoms with Gasteiger partial charge in [-0.2, -0.15) is 0 Å². The molecule has 0 bridgehead atoms. The Morgan fingerprint density at radius 3 is 2.67 bits per heavy atom. The summed E-state index contributed by atoms with van der Waals surface area (Å²) in [5.74, 6) is 0.445. The van der Waals surface area contributed by atoms with Crippen LogP contribution in [0.25, 0.3) is 0 Å². The Labute approximate surface area is 105 Å². The van der Waals surface area contributed by atoms with Crippen LogP contribution in [0, 0.1) is 9.49 Å². The standard InChI is InChI=1S/C12H18INO/c1-9(7-8-15-2)12(14)10-5-3-4-6-11(10)13/h3-6,9,12H,7-8,14H2,1-2H3. The molecule has 2 atom stereocenters. The van der Waals surface area contributed by atoms with E-state index in [0.29, 0.717) is 5.92 Å². The van der Waals surface area contributed by atoms with Gasteiger partial charge in [0.05, 0.1) is 0 Å². The van der Waals surface area contributed by atoms with Gasteiger partial charge in [0.25, 0.3) is 0 Å². The van der Waals surface area contributed by atoms with Gasteiger partial charge >= 0.3 is 0 Å². The molecule has 1 aromatic carbocycles. The van der Waals surface area contributed by atoms with Gasteiger partial charge in [-0.15, -0.1) is 0 Å². The van der Waals surface area contributed by atoms with Crippen LogP contribution in [-0.2, 0) is 4.74 Å². The van der Waals surface area contributed by atoms with Crippen LogP contribution in [0.5, 0.6) is 0 Å². The highest BCUT2D eigenvalue weighted by Gasteiger charge is 2.16. The summed E-state index contributed by atoms with van der Waals surface area (Å²) < 4.78 is 6.31. The summed E-state index contributed by atoms with van der Waals surface area (Å²) in [5.41, 5.74) is 7.46. The topological polar surface area (TPSA) is 35.2 Å². The zero-order chi connectivity index (χ0) is 11.3. The predicted octanol–water partition coefficient (Wildman–Crippen LogP) is 2.96. The van der Waals surface area contributed by atoms with Crippen LogP contribution < -0.4 is 5.73 Å². The van der Waals surface area contributed by atoms with Crippen molar-refractivity contribution in [2.75, 3.05) is 13.7 Å². The molecule has 0 aliphatic carbocycles. The zero-order valence-corrected chi connectivity index (χ0v) is 11.4. The van der Waals surface area contributed by atoms with Crippen LogP contribution in [0.2, 0.25) is 0 Å². The molecular weight excluding hydrogens is 301 g/mol. The third-order valence-corrected chi connectivity index (χ3v) is 3.64. The van der Waals surface area contributed by atoms with Gasteiger partial charge in [0.15, 0.2) is 0 Å². The molecule has 84 valence electrons. The molecule has 2 unspecified atom stereocenters. The molecule has 0 saturated heterocycles. The van der Waals surface area contributed by atoms with Crippen molar-refractivity contribution in [3.8, 4) is 0 Å². The van der Waals surface area contributed by atoms with Crippen molar-refractivity contribution in [1.29, 1.82) is 0 Å². The first-order chi connectivity index (χ1) is 7.16. The number of ether oxygens (including phenoxy) is 1. The van der Waals surface area contributed by atoms with E-state index in [-0.39, 0.29) is 6.04 Å². The average molecular weight is 319 g/mol. The van der Waals surface area contributed by atoms with E-state index in [1.165, 1.54) is 9.13 Å². The summed E-state index contributed by atoms with van der Waals surface area (Å²) in [6.45, 7) is 2.95. The maximum Gasteiger partial charge on any atom is 0.0465 e. The van der Waals surface area contributed by atoms with Gasteiger partial charge in [-0.1, -0.05) is 25.1 Å². The van der Waals surface area contributed by atoms with Gasteiger partial charge in [-0.25, -0.2) is 0 Å². The summed E-state index contributed by atoms with van der Waals surface area (Å²) >= 11 is 2.34. The maximum atomic E-state index is 6.22. The molecule has 2 N–H and O–H groups in total. The van der Waals surface area contributed by atoms with Gasteiger partial charge in [-0.05, 0) is 46.6 Å². The molecular formula is C12H18INO. The molecule has 3 heteroatoms. The lowest BCUT2D eigenvalue weighted by molar-refractivity contribution is 0.174. The molecule has 0 aliphatic heterocycles. The number of rotatable bonds is 5. The third kappa shape index (κ3) is 3.74. The first-order valence-electron chi connectivity index (χ1n) is 5.15.